The monoisotopic (exact) mass is 261 g/mol. The van der Waals surface area contributed by atoms with E-state index in [4.69, 9.17) is 10.5 Å². The van der Waals surface area contributed by atoms with Crippen molar-refractivity contribution in [2.45, 2.75) is 33.1 Å². The normalized spacial score (nSPS) is 10.6. The molecule has 2 rings (SSSR count). The predicted octanol–water partition coefficient (Wildman–Crippen LogP) is 1.99. The number of rotatable bonds is 6. The van der Waals surface area contributed by atoms with Gasteiger partial charge in [0, 0.05) is 18.8 Å². The molecule has 2 aromatic heterocycles. The molecule has 0 fully saturated rings. The lowest BCUT2D eigenvalue weighted by Gasteiger charge is -2.12. The molecular weight excluding hydrogens is 242 g/mol. The molecule has 0 aliphatic heterocycles. The topological polar surface area (TPSA) is 78.9 Å². The molecule has 2 aromatic rings. The third kappa shape index (κ3) is 2.83. The Morgan fingerprint density at radius 1 is 1.21 bits per heavy atom. The van der Waals surface area contributed by atoms with Crippen LogP contribution in [0.15, 0.2) is 18.7 Å². The first kappa shape index (κ1) is 13.3. The van der Waals surface area contributed by atoms with Crippen LogP contribution >= 0.6 is 0 Å². The van der Waals surface area contributed by atoms with Crippen molar-refractivity contribution in [3.05, 3.63) is 24.5 Å². The Bertz CT molecular complexity index is 538. The van der Waals surface area contributed by atoms with E-state index in [0.29, 0.717) is 24.0 Å². The minimum absolute atomic E-state index is 0.433. The number of nitrogens with two attached hydrogens (primary N) is 1. The van der Waals surface area contributed by atoms with Crippen molar-refractivity contribution in [1.82, 2.24) is 19.5 Å². The lowest BCUT2D eigenvalue weighted by atomic mass is 10.3. The van der Waals surface area contributed by atoms with Gasteiger partial charge in [0.1, 0.15) is 17.8 Å². The fourth-order valence-electron chi connectivity index (χ4n) is 1.81. The number of nitrogens with zero attached hydrogens (tertiary/aromatic N) is 4. The molecule has 0 saturated carbocycles. The van der Waals surface area contributed by atoms with Crippen LogP contribution in [0.25, 0.3) is 5.82 Å². The second-order valence-electron chi connectivity index (χ2n) is 4.23. The SMILES string of the molecule is CCCOc1ncnc(-n2ccnc2CCC)c1N. The fraction of sp³-hybridized carbons (Fsp3) is 0.462. The highest BCUT2D eigenvalue weighted by Gasteiger charge is 2.13. The van der Waals surface area contributed by atoms with E-state index in [0.717, 1.165) is 25.1 Å². The zero-order valence-electron chi connectivity index (χ0n) is 11.3. The van der Waals surface area contributed by atoms with E-state index >= 15 is 0 Å². The highest BCUT2D eigenvalue weighted by Crippen LogP contribution is 2.24. The minimum Gasteiger partial charge on any atom is -0.476 e. The Kier molecular flexibility index (Phi) is 4.33. The van der Waals surface area contributed by atoms with Gasteiger partial charge in [-0.3, -0.25) is 4.57 Å². The van der Waals surface area contributed by atoms with Crippen LogP contribution in [-0.2, 0) is 6.42 Å². The number of ether oxygens (including phenoxy) is 1. The van der Waals surface area contributed by atoms with E-state index in [1.54, 1.807) is 6.20 Å². The van der Waals surface area contributed by atoms with Crippen LogP contribution in [-0.4, -0.2) is 26.1 Å². The second kappa shape index (κ2) is 6.17. The Labute approximate surface area is 112 Å². The van der Waals surface area contributed by atoms with E-state index in [1.807, 2.05) is 17.7 Å². The summed E-state index contributed by atoms with van der Waals surface area (Å²) in [4.78, 5) is 12.6. The lowest BCUT2D eigenvalue weighted by molar-refractivity contribution is 0.306. The van der Waals surface area contributed by atoms with Crippen LogP contribution < -0.4 is 10.5 Å². The Hall–Kier alpha value is -2.11. The summed E-state index contributed by atoms with van der Waals surface area (Å²) in [7, 11) is 0. The molecule has 2 N–H and O–H groups in total. The van der Waals surface area contributed by atoms with Gasteiger partial charge < -0.3 is 10.5 Å². The summed E-state index contributed by atoms with van der Waals surface area (Å²) in [5, 5.41) is 0. The van der Waals surface area contributed by atoms with Gasteiger partial charge in [0.05, 0.1) is 6.61 Å². The van der Waals surface area contributed by atoms with E-state index < -0.39 is 0 Å². The maximum atomic E-state index is 6.08. The number of imidazole rings is 1. The summed E-state index contributed by atoms with van der Waals surface area (Å²) < 4.78 is 7.40. The third-order valence-corrected chi connectivity index (χ3v) is 2.69. The first-order valence-corrected chi connectivity index (χ1v) is 6.53. The van der Waals surface area contributed by atoms with Crippen molar-refractivity contribution in [3.8, 4) is 11.7 Å². The van der Waals surface area contributed by atoms with Gasteiger partial charge in [0.25, 0.3) is 0 Å². The van der Waals surface area contributed by atoms with Crippen LogP contribution in [0.5, 0.6) is 5.88 Å². The first-order chi connectivity index (χ1) is 9.27. The lowest BCUT2D eigenvalue weighted by Crippen LogP contribution is -2.09. The van der Waals surface area contributed by atoms with Crippen LogP contribution in [0.2, 0.25) is 0 Å². The highest BCUT2D eigenvalue weighted by atomic mass is 16.5. The fourth-order valence-corrected chi connectivity index (χ4v) is 1.81. The molecule has 0 amide bonds. The summed E-state index contributed by atoms with van der Waals surface area (Å²) in [5.74, 6) is 2.00. The van der Waals surface area contributed by atoms with Gasteiger partial charge >= 0.3 is 0 Å². The van der Waals surface area contributed by atoms with Gasteiger partial charge in [-0.05, 0) is 12.8 Å². The average molecular weight is 261 g/mol. The molecule has 0 aliphatic rings. The maximum absolute atomic E-state index is 6.08. The summed E-state index contributed by atoms with van der Waals surface area (Å²) in [6.45, 7) is 4.73. The van der Waals surface area contributed by atoms with Crippen molar-refractivity contribution >= 4 is 5.69 Å². The zero-order chi connectivity index (χ0) is 13.7. The largest absolute Gasteiger partial charge is 0.476 e. The summed E-state index contributed by atoms with van der Waals surface area (Å²) in [6, 6.07) is 0. The maximum Gasteiger partial charge on any atom is 0.242 e. The molecule has 6 heteroatoms. The molecule has 0 aliphatic carbocycles. The standard InChI is InChI=1S/C13H19N5O/c1-3-5-10-15-6-7-18(10)12-11(14)13(17-9-16-12)19-8-4-2/h6-7,9H,3-5,8,14H2,1-2H3. The van der Waals surface area contributed by atoms with Gasteiger partial charge in [-0.25, -0.2) is 9.97 Å². The van der Waals surface area contributed by atoms with E-state index in [-0.39, 0.29) is 0 Å². The number of hydrogen-bond donors (Lipinski definition) is 1. The second-order valence-corrected chi connectivity index (χ2v) is 4.23. The molecule has 19 heavy (non-hydrogen) atoms. The third-order valence-electron chi connectivity index (χ3n) is 2.69. The number of anilines is 1. The molecule has 0 bridgehead atoms. The molecule has 0 radical (unpaired) electrons. The van der Waals surface area contributed by atoms with Crippen molar-refractivity contribution in [2.75, 3.05) is 12.3 Å². The summed E-state index contributed by atoms with van der Waals surface area (Å²) >= 11 is 0. The van der Waals surface area contributed by atoms with Gasteiger partial charge in [0.15, 0.2) is 5.82 Å². The summed E-state index contributed by atoms with van der Waals surface area (Å²) in [6.07, 6.45) is 7.87. The number of aromatic nitrogens is 4. The summed E-state index contributed by atoms with van der Waals surface area (Å²) in [5.41, 5.74) is 6.53. The molecule has 0 saturated heterocycles. The molecule has 0 atom stereocenters. The van der Waals surface area contributed by atoms with Crippen molar-refractivity contribution < 1.29 is 4.74 Å². The van der Waals surface area contributed by atoms with Crippen LogP contribution in [0.4, 0.5) is 5.69 Å². The Balaban J connectivity index is 2.36. The van der Waals surface area contributed by atoms with Crippen molar-refractivity contribution in [2.24, 2.45) is 0 Å². The molecule has 6 nitrogen and oxygen atoms in total. The van der Waals surface area contributed by atoms with E-state index in [1.165, 1.54) is 6.33 Å². The molecular formula is C13H19N5O. The molecule has 102 valence electrons. The van der Waals surface area contributed by atoms with Gasteiger partial charge in [0.2, 0.25) is 5.88 Å². The Morgan fingerprint density at radius 2 is 2.05 bits per heavy atom. The average Bonchev–Trinajstić information content (AvgIpc) is 2.86. The molecule has 0 aromatic carbocycles. The predicted molar refractivity (Wildman–Crippen MR) is 73.3 cm³/mol. The quantitative estimate of drug-likeness (QED) is 0.860. The Morgan fingerprint density at radius 3 is 2.79 bits per heavy atom. The van der Waals surface area contributed by atoms with E-state index in [2.05, 4.69) is 21.9 Å². The van der Waals surface area contributed by atoms with Crippen LogP contribution in [0.1, 0.15) is 32.5 Å². The van der Waals surface area contributed by atoms with Crippen molar-refractivity contribution in [1.29, 1.82) is 0 Å². The minimum atomic E-state index is 0.433. The molecule has 0 spiro atoms. The van der Waals surface area contributed by atoms with Crippen molar-refractivity contribution in [3.63, 3.8) is 0 Å². The number of hydrogen-bond acceptors (Lipinski definition) is 5. The number of nitrogen functional groups attached to an aromatic ring is 1. The zero-order valence-corrected chi connectivity index (χ0v) is 11.3. The first-order valence-electron chi connectivity index (χ1n) is 6.53. The van der Waals surface area contributed by atoms with Gasteiger partial charge in [-0.1, -0.05) is 13.8 Å². The number of aryl methyl sites for hydroxylation is 1. The molecule has 2 heterocycles. The van der Waals surface area contributed by atoms with Crippen LogP contribution in [0.3, 0.4) is 0 Å². The van der Waals surface area contributed by atoms with Gasteiger partial charge in [-0.15, -0.1) is 0 Å². The van der Waals surface area contributed by atoms with E-state index in [9.17, 15) is 0 Å². The highest BCUT2D eigenvalue weighted by molar-refractivity contribution is 5.60. The van der Waals surface area contributed by atoms with Gasteiger partial charge in [-0.2, -0.15) is 4.98 Å². The smallest absolute Gasteiger partial charge is 0.242 e. The molecule has 0 unspecified atom stereocenters. The van der Waals surface area contributed by atoms with Crippen LogP contribution in [0, 0.1) is 0 Å².